The zero-order valence-electron chi connectivity index (χ0n) is 19.4. The Kier molecular flexibility index (Phi) is 6.62. The maximum atomic E-state index is 13.9. The van der Waals surface area contributed by atoms with Crippen LogP contribution in [0, 0.1) is 0 Å². The topological polar surface area (TPSA) is 114 Å². The van der Waals surface area contributed by atoms with E-state index in [1.807, 2.05) is 35.2 Å². The van der Waals surface area contributed by atoms with E-state index in [0.29, 0.717) is 36.2 Å². The second-order valence-corrected chi connectivity index (χ2v) is 8.97. The molecule has 2 N–H and O–H groups in total. The minimum Gasteiger partial charge on any atom is -0.480 e. The van der Waals surface area contributed by atoms with Gasteiger partial charge >= 0.3 is 11.7 Å². The number of rotatable bonds is 7. The molecule has 0 spiro atoms. The summed E-state index contributed by atoms with van der Waals surface area (Å²) in [7, 11) is 0. The number of piperazine rings is 1. The van der Waals surface area contributed by atoms with E-state index < -0.39 is 23.8 Å². The van der Waals surface area contributed by atoms with Gasteiger partial charge in [0.2, 0.25) is 5.95 Å². The van der Waals surface area contributed by atoms with Crippen molar-refractivity contribution in [3.05, 3.63) is 86.0 Å². The molecule has 0 amide bonds. The second kappa shape index (κ2) is 10.00. The molecule has 0 unspecified atom stereocenters. The molecule has 36 heavy (non-hydrogen) atoms. The number of carboxylic acid groups (broad SMARTS) is 1. The van der Waals surface area contributed by atoms with Gasteiger partial charge in [-0.15, -0.1) is 0 Å². The first-order valence-corrected chi connectivity index (χ1v) is 12.1. The zero-order valence-corrected chi connectivity index (χ0v) is 20.2. The number of carbonyl (C=O) groups is 1. The number of aromatic nitrogens is 4. The number of anilines is 1. The second-order valence-electron chi connectivity index (χ2n) is 8.56. The minimum atomic E-state index is -1.21. The lowest BCUT2D eigenvalue weighted by atomic mass is 10.1. The van der Waals surface area contributed by atoms with E-state index in [1.54, 1.807) is 28.8 Å². The van der Waals surface area contributed by atoms with Gasteiger partial charge in [0.25, 0.3) is 5.56 Å². The molecule has 11 heteroatoms. The Morgan fingerprint density at radius 2 is 1.69 bits per heavy atom. The van der Waals surface area contributed by atoms with Gasteiger partial charge in [-0.3, -0.25) is 23.3 Å². The van der Waals surface area contributed by atoms with Crippen LogP contribution in [-0.4, -0.2) is 55.9 Å². The van der Waals surface area contributed by atoms with E-state index in [9.17, 15) is 19.5 Å². The van der Waals surface area contributed by atoms with Crippen LogP contribution in [0.1, 0.15) is 5.56 Å². The molecule has 0 bridgehead atoms. The van der Waals surface area contributed by atoms with E-state index in [4.69, 9.17) is 11.6 Å². The molecule has 2 aromatic carbocycles. The molecule has 186 valence electrons. The van der Waals surface area contributed by atoms with Gasteiger partial charge in [-0.1, -0.05) is 54.1 Å². The number of aryl methyl sites for hydroxylation is 1. The maximum absolute atomic E-state index is 13.9. The van der Waals surface area contributed by atoms with Crippen LogP contribution < -0.4 is 21.5 Å². The summed E-state index contributed by atoms with van der Waals surface area (Å²) in [4.78, 5) is 45.7. The maximum Gasteiger partial charge on any atom is 0.333 e. The summed E-state index contributed by atoms with van der Waals surface area (Å²) in [6.45, 7) is 2.15. The van der Waals surface area contributed by atoms with Crippen molar-refractivity contribution in [3.63, 3.8) is 0 Å². The van der Waals surface area contributed by atoms with Gasteiger partial charge in [-0.2, -0.15) is 4.98 Å². The summed E-state index contributed by atoms with van der Waals surface area (Å²) in [5.74, 6) is -0.765. The predicted molar refractivity (Wildman–Crippen MR) is 137 cm³/mol. The highest BCUT2D eigenvalue weighted by Gasteiger charge is 2.27. The molecule has 0 atom stereocenters. The molecular weight excluding hydrogens is 484 g/mol. The van der Waals surface area contributed by atoms with Gasteiger partial charge in [-0.25, -0.2) is 4.79 Å². The molecule has 1 saturated heterocycles. The predicted octanol–water partition coefficient (Wildman–Crippen LogP) is 1.74. The van der Waals surface area contributed by atoms with Crippen LogP contribution in [0.15, 0.2) is 64.2 Å². The number of carboxylic acids is 1. The molecular formula is C25H25ClN6O4. The van der Waals surface area contributed by atoms with Crippen molar-refractivity contribution in [1.82, 2.24) is 24.0 Å². The third-order valence-corrected chi connectivity index (χ3v) is 6.58. The molecule has 4 aromatic rings. The molecule has 10 nitrogen and oxygen atoms in total. The normalized spacial score (nSPS) is 13.9. The van der Waals surface area contributed by atoms with Gasteiger partial charge in [0.05, 0.1) is 10.7 Å². The molecule has 1 fully saturated rings. The lowest BCUT2D eigenvalue weighted by Crippen LogP contribution is -2.44. The van der Waals surface area contributed by atoms with E-state index in [1.165, 1.54) is 0 Å². The number of para-hydroxylation sites is 1. The summed E-state index contributed by atoms with van der Waals surface area (Å²) in [6.07, 6.45) is 0.430. The fourth-order valence-electron chi connectivity index (χ4n) is 4.53. The largest absolute Gasteiger partial charge is 0.480 e. The van der Waals surface area contributed by atoms with Gasteiger partial charge < -0.3 is 15.3 Å². The zero-order chi connectivity index (χ0) is 25.2. The summed E-state index contributed by atoms with van der Waals surface area (Å²) in [6, 6.07) is 16.6. The first-order valence-electron chi connectivity index (χ1n) is 11.7. The van der Waals surface area contributed by atoms with Gasteiger partial charge in [0.15, 0.2) is 11.2 Å². The van der Waals surface area contributed by atoms with Gasteiger partial charge in [0.1, 0.15) is 6.54 Å². The van der Waals surface area contributed by atoms with Crippen LogP contribution >= 0.6 is 11.6 Å². The Morgan fingerprint density at radius 3 is 2.39 bits per heavy atom. The quantitative estimate of drug-likeness (QED) is 0.391. The first-order chi connectivity index (χ1) is 17.5. The third-order valence-electron chi connectivity index (χ3n) is 6.26. The van der Waals surface area contributed by atoms with Crippen molar-refractivity contribution in [1.29, 1.82) is 0 Å². The van der Waals surface area contributed by atoms with Crippen LogP contribution in [0.25, 0.3) is 16.9 Å². The number of nitrogens with zero attached hydrogens (tertiary/aromatic N) is 5. The fraction of sp³-hybridized carbons (Fsp3) is 0.280. The number of halogens is 1. The number of nitrogens with one attached hydrogen (secondary N) is 1. The number of hydrogen-bond acceptors (Lipinski definition) is 6. The van der Waals surface area contributed by atoms with Crippen molar-refractivity contribution in [2.24, 2.45) is 0 Å². The van der Waals surface area contributed by atoms with Crippen molar-refractivity contribution in [2.45, 2.75) is 19.5 Å². The summed E-state index contributed by atoms with van der Waals surface area (Å²) in [5.41, 5.74) is 0.377. The Bertz CT molecular complexity index is 1540. The van der Waals surface area contributed by atoms with Crippen molar-refractivity contribution in [2.75, 3.05) is 31.1 Å². The standard InChI is InChI=1S/C25H25ClN6O4/c26-18-8-4-5-9-19(18)32-21-22(28-24(32)29-14-11-27-12-15-29)31(16-20(33)34)25(36)30(23(21)35)13-10-17-6-2-1-3-7-17/h1-9,27H,10-16H2,(H,33,34). The third kappa shape index (κ3) is 4.40. The molecule has 1 aliphatic heterocycles. The number of imidazole rings is 1. The highest BCUT2D eigenvalue weighted by atomic mass is 35.5. The van der Waals surface area contributed by atoms with Gasteiger partial charge in [-0.05, 0) is 24.1 Å². The number of aliphatic carboxylic acids is 1. The average Bonchev–Trinajstić information content (AvgIpc) is 3.28. The van der Waals surface area contributed by atoms with Crippen molar-refractivity contribution in [3.8, 4) is 5.69 Å². The highest BCUT2D eigenvalue weighted by Crippen LogP contribution is 2.29. The number of hydrogen-bond donors (Lipinski definition) is 2. The van der Waals surface area contributed by atoms with Crippen LogP contribution in [0.2, 0.25) is 5.02 Å². The van der Waals surface area contributed by atoms with E-state index in [0.717, 1.165) is 27.8 Å². The molecule has 3 heterocycles. The Hall–Kier alpha value is -3.89. The summed E-state index contributed by atoms with van der Waals surface area (Å²) >= 11 is 6.56. The van der Waals surface area contributed by atoms with Gasteiger partial charge in [0, 0.05) is 32.7 Å². The SMILES string of the molecule is O=C(O)Cn1c(=O)n(CCc2ccccc2)c(=O)c2c1nc(N1CCNCC1)n2-c1ccccc1Cl. The monoisotopic (exact) mass is 508 g/mol. The molecule has 5 rings (SSSR count). The average molecular weight is 509 g/mol. The van der Waals surface area contributed by atoms with Crippen LogP contribution in [0.5, 0.6) is 0 Å². The minimum absolute atomic E-state index is 0.0248. The number of benzene rings is 2. The highest BCUT2D eigenvalue weighted by molar-refractivity contribution is 6.32. The smallest absolute Gasteiger partial charge is 0.333 e. The van der Waals surface area contributed by atoms with Crippen LogP contribution in [0.4, 0.5) is 5.95 Å². The molecule has 2 aromatic heterocycles. The molecule has 0 aliphatic carbocycles. The Morgan fingerprint density at radius 1 is 1.00 bits per heavy atom. The molecule has 0 saturated carbocycles. The van der Waals surface area contributed by atoms with E-state index >= 15 is 0 Å². The van der Waals surface area contributed by atoms with E-state index in [2.05, 4.69) is 10.3 Å². The number of fused-ring (bicyclic) bond motifs is 1. The summed E-state index contributed by atoms with van der Waals surface area (Å²) in [5, 5.41) is 13.3. The van der Waals surface area contributed by atoms with Crippen LogP contribution in [-0.2, 0) is 24.3 Å². The first kappa shape index (κ1) is 23.8. The molecule has 1 aliphatic rings. The van der Waals surface area contributed by atoms with Crippen LogP contribution in [0.3, 0.4) is 0 Å². The fourth-order valence-corrected chi connectivity index (χ4v) is 4.75. The van der Waals surface area contributed by atoms with E-state index in [-0.39, 0.29) is 17.7 Å². The van der Waals surface area contributed by atoms with Crippen molar-refractivity contribution >= 4 is 34.7 Å². The summed E-state index contributed by atoms with van der Waals surface area (Å²) < 4.78 is 3.81. The van der Waals surface area contributed by atoms with Crippen molar-refractivity contribution < 1.29 is 9.90 Å². The Balaban J connectivity index is 1.79. The lowest BCUT2D eigenvalue weighted by Gasteiger charge is -2.28. The lowest BCUT2D eigenvalue weighted by molar-refractivity contribution is -0.137. The Labute approximate surface area is 211 Å². The molecule has 0 radical (unpaired) electrons.